The van der Waals surface area contributed by atoms with Gasteiger partial charge in [0.1, 0.15) is 0 Å². The maximum atomic E-state index is 12.0. The van der Waals surface area contributed by atoms with E-state index in [1.165, 1.54) is 6.08 Å². The molecule has 1 atom stereocenters. The van der Waals surface area contributed by atoms with E-state index in [4.69, 9.17) is 10.8 Å². The number of anilines is 1. The van der Waals surface area contributed by atoms with Crippen molar-refractivity contribution in [2.45, 2.75) is 12.3 Å². The van der Waals surface area contributed by atoms with Gasteiger partial charge in [-0.05, 0) is 23.8 Å². The van der Waals surface area contributed by atoms with E-state index in [9.17, 15) is 18.0 Å². The fourth-order valence-electron chi connectivity index (χ4n) is 1.21. The predicted molar refractivity (Wildman–Crippen MR) is 65.0 cm³/mol. The molecule has 0 saturated carbocycles. The standard InChI is InChI=1S/C12H13F3N2O2/c13-12(14,15)10(18)7-17-11(19)5-4-8-2-1-3-9(16)6-8/h1-6,10,18H,7,16H2,(H,17,19)/b5-4+. The van der Waals surface area contributed by atoms with Gasteiger partial charge in [0, 0.05) is 11.8 Å². The molecule has 0 saturated heterocycles. The van der Waals surface area contributed by atoms with Crippen LogP contribution in [0.25, 0.3) is 6.08 Å². The van der Waals surface area contributed by atoms with Crippen molar-refractivity contribution in [2.24, 2.45) is 0 Å². The second kappa shape index (κ2) is 6.24. The van der Waals surface area contributed by atoms with Gasteiger partial charge in [-0.2, -0.15) is 13.2 Å². The molecule has 1 amide bonds. The van der Waals surface area contributed by atoms with Gasteiger partial charge in [-0.15, -0.1) is 0 Å². The number of aliphatic hydroxyl groups is 1. The Balaban J connectivity index is 2.48. The van der Waals surface area contributed by atoms with E-state index in [-0.39, 0.29) is 0 Å². The summed E-state index contributed by atoms with van der Waals surface area (Å²) in [4.78, 5) is 11.2. The highest BCUT2D eigenvalue weighted by molar-refractivity contribution is 5.91. The maximum Gasteiger partial charge on any atom is 0.416 e. The Labute approximate surface area is 107 Å². The predicted octanol–water partition coefficient (Wildman–Crippen LogP) is 1.32. The number of nitrogen functional groups attached to an aromatic ring is 1. The second-order valence-electron chi connectivity index (χ2n) is 3.81. The van der Waals surface area contributed by atoms with E-state index < -0.39 is 24.7 Å². The Morgan fingerprint density at radius 1 is 1.47 bits per heavy atom. The number of halogens is 3. The number of benzene rings is 1. The number of hydrogen-bond donors (Lipinski definition) is 3. The van der Waals surface area contributed by atoms with Crippen molar-refractivity contribution in [1.82, 2.24) is 5.32 Å². The van der Waals surface area contributed by atoms with Crippen LogP contribution in [0.5, 0.6) is 0 Å². The van der Waals surface area contributed by atoms with Crippen molar-refractivity contribution >= 4 is 17.7 Å². The van der Waals surface area contributed by atoms with Gasteiger partial charge in [0.15, 0.2) is 6.10 Å². The second-order valence-corrected chi connectivity index (χ2v) is 3.81. The lowest BCUT2D eigenvalue weighted by Gasteiger charge is -2.14. The fraction of sp³-hybridized carbons (Fsp3) is 0.250. The third-order valence-corrected chi connectivity index (χ3v) is 2.19. The van der Waals surface area contributed by atoms with Crippen molar-refractivity contribution in [2.75, 3.05) is 12.3 Å². The highest BCUT2D eigenvalue weighted by atomic mass is 19.4. The van der Waals surface area contributed by atoms with Gasteiger partial charge >= 0.3 is 6.18 Å². The molecule has 0 aliphatic heterocycles. The molecule has 7 heteroatoms. The van der Waals surface area contributed by atoms with Crippen molar-refractivity contribution in [3.8, 4) is 0 Å². The average Bonchev–Trinajstić information content (AvgIpc) is 2.32. The lowest BCUT2D eigenvalue weighted by Crippen LogP contribution is -2.40. The number of hydrogen-bond acceptors (Lipinski definition) is 3. The molecule has 4 N–H and O–H groups in total. The van der Waals surface area contributed by atoms with E-state index in [0.29, 0.717) is 11.3 Å². The molecule has 0 aliphatic rings. The zero-order valence-electron chi connectivity index (χ0n) is 9.82. The quantitative estimate of drug-likeness (QED) is 0.572. The topological polar surface area (TPSA) is 75.4 Å². The van der Waals surface area contributed by atoms with Crippen LogP contribution in [-0.2, 0) is 4.79 Å². The summed E-state index contributed by atoms with van der Waals surface area (Å²) in [6.07, 6.45) is -4.84. The van der Waals surface area contributed by atoms with Gasteiger partial charge in [0.25, 0.3) is 0 Å². The lowest BCUT2D eigenvalue weighted by atomic mass is 10.2. The van der Waals surface area contributed by atoms with E-state index in [1.54, 1.807) is 24.3 Å². The highest BCUT2D eigenvalue weighted by Gasteiger charge is 2.37. The Morgan fingerprint density at radius 3 is 2.74 bits per heavy atom. The van der Waals surface area contributed by atoms with Gasteiger partial charge in [-0.3, -0.25) is 4.79 Å². The maximum absolute atomic E-state index is 12.0. The number of nitrogens with two attached hydrogens (primary N) is 1. The van der Waals surface area contributed by atoms with E-state index in [1.807, 2.05) is 5.32 Å². The van der Waals surface area contributed by atoms with Gasteiger partial charge in [0.2, 0.25) is 5.91 Å². The minimum absolute atomic E-state index is 0.509. The molecule has 104 valence electrons. The Morgan fingerprint density at radius 2 is 2.16 bits per heavy atom. The SMILES string of the molecule is Nc1cccc(/C=C/C(=O)NCC(O)C(F)(F)F)c1. The highest BCUT2D eigenvalue weighted by Crippen LogP contribution is 2.19. The monoisotopic (exact) mass is 274 g/mol. The minimum atomic E-state index is -4.75. The molecule has 0 aliphatic carbocycles. The third-order valence-electron chi connectivity index (χ3n) is 2.19. The molecule has 1 aromatic rings. The Bertz CT molecular complexity index is 472. The largest absolute Gasteiger partial charge is 0.416 e. The normalized spacial score (nSPS) is 13.5. The molecular formula is C12H13F3N2O2. The first kappa shape index (κ1) is 15.0. The van der Waals surface area contributed by atoms with Crippen LogP contribution in [0.4, 0.5) is 18.9 Å². The summed E-state index contributed by atoms with van der Waals surface area (Å²) in [6, 6.07) is 6.64. The zero-order chi connectivity index (χ0) is 14.5. The smallest absolute Gasteiger partial charge is 0.399 e. The fourth-order valence-corrected chi connectivity index (χ4v) is 1.21. The van der Waals surface area contributed by atoms with Crippen LogP contribution < -0.4 is 11.1 Å². The van der Waals surface area contributed by atoms with Gasteiger partial charge in [-0.25, -0.2) is 0 Å². The van der Waals surface area contributed by atoms with Gasteiger partial charge < -0.3 is 16.2 Å². The molecule has 4 nitrogen and oxygen atoms in total. The molecule has 0 aromatic heterocycles. The first-order valence-corrected chi connectivity index (χ1v) is 5.35. The van der Waals surface area contributed by atoms with Crippen molar-refractivity contribution in [1.29, 1.82) is 0 Å². The van der Waals surface area contributed by atoms with Crippen molar-refractivity contribution in [3.05, 3.63) is 35.9 Å². The summed E-state index contributed by atoms with van der Waals surface area (Å²) in [5.74, 6) is -0.731. The van der Waals surface area contributed by atoms with Crippen LogP contribution in [0, 0.1) is 0 Å². The summed E-state index contributed by atoms with van der Waals surface area (Å²) in [5.41, 5.74) is 6.67. The minimum Gasteiger partial charge on any atom is -0.399 e. The molecule has 0 bridgehead atoms. The zero-order valence-corrected chi connectivity index (χ0v) is 9.82. The first-order chi connectivity index (χ1) is 8.79. The summed E-state index contributed by atoms with van der Waals surface area (Å²) in [5, 5.41) is 10.6. The van der Waals surface area contributed by atoms with Crippen molar-refractivity contribution < 1.29 is 23.1 Å². The summed E-state index contributed by atoms with van der Waals surface area (Å²) < 4.78 is 35.9. The molecule has 0 heterocycles. The molecular weight excluding hydrogens is 261 g/mol. The number of aliphatic hydroxyl groups excluding tert-OH is 1. The molecule has 19 heavy (non-hydrogen) atoms. The molecule has 1 aromatic carbocycles. The summed E-state index contributed by atoms with van der Waals surface area (Å²) >= 11 is 0. The number of rotatable bonds is 4. The number of amides is 1. The molecule has 0 radical (unpaired) electrons. The van der Waals surface area contributed by atoms with Crippen molar-refractivity contribution in [3.63, 3.8) is 0 Å². The molecule has 1 unspecified atom stereocenters. The first-order valence-electron chi connectivity index (χ1n) is 5.35. The van der Waals surface area contributed by atoms with Gasteiger partial charge in [-0.1, -0.05) is 12.1 Å². The number of carbonyl (C=O) groups is 1. The third kappa shape index (κ3) is 5.43. The molecule has 0 fully saturated rings. The lowest BCUT2D eigenvalue weighted by molar-refractivity contribution is -0.201. The molecule has 1 rings (SSSR count). The summed E-state index contributed by atoms with van der Waals surface area (Å²) in [6.45, 7) is -0.885. The number of alkyl halides is 3. The van der Waals surface area contributed by atoms with Crippen LogP contribution >= 0.6 is 0 Å². The van der Waals surface area contributed by atoms with E-state index >= 15 is 0 Å². The number of carbonyl (C=O) groups excluding carboxylic acids is 1. The molecule has 0 spiro atoms. The van der Waals surface area contributed by atoms with Gasteiger partial charge in [0.05, 0.1) is 6.54 Å². The summed E-state index contributed by atoms with van der Waals surface area (Å²) in [7, 11) is 0. The van der Waals surface area contributed by atoms with Crippen LogP contribution in [0.1, 0.15) is 5.56 Å². The average molecular weight is 274 g/mol. The van der Waals surface area contributed by atoms with E-state index in [2.05, 4.69) is 0 Å². The van der Waals surface area contributed by atoms with Crippen LogP contribution in [0.3, 0.4) is 0 Å². The van der Waals surface area contributed by atoms with Crippen LogP contribution in [0.15, 0.2) is 30.3 Å². The van der Waals surface area contributed by atoms with Crippen LogP contribution in [-0.4, -0.2) is 29.8 Å². The Kier molecular flexibility index (Phi) is 4.94. The number of nitrogens with one attached hydrogen (secondary N) is 1. The van der Waals surface area contributed by atoms with E-state index in [0.717, 1.165) is 6.08 Å². The van der Waals surface area contributed by atoms with Crippen LogP contribution in [0.2, 0.25) is 0 Å². The Hall–Kier alpha value is -2.02.